The predicted molar refractivity (Wildman–Crippen MR) is 84.3 cm³/mol. The molecule has 0 aromatic heterocycles. The molecule has 0 amide bonds. The van der Waals surface area contributed by atoms with Crippen LogP contribution in [0.4, 0.5) is 11.4 Å². The lowest BCUT2D eigenvalue weighted by Gasteiger charge is -2.16. The highest BCUT2D eigenvalue weighted by molar-refractivity contribution is 5.81. The Morgan fingerprint density at radius 3 is 1.68 bits per heavy atom. The van der Waals surface area contributed by atoms with Gasteiger partial charge in [0.1, 0.15) is 17.4 Å². The van der Waals surface area contributed by atoms with E-state index < -0.39 is 11.9 Å². The average Bonchev–Trinajstić information content (AvgIpc) is 2.50. The Labute approximate surface area is 128 Å². The minimum Gasteiger partial charge on any atom is -0.495 e. The summed E-state index contributed by atoms with van der Waals surface area (Å²) in [6.45, 7) is 0. The Morgan fingerprint density at radius 2 is 1.36 bits per heavy atom. The van der Waals surface area contributed by atoms with Crippen molar-refractivity contribution < 1.29 is 19.4 Å². The van der Waals surface area contributed by atoms with E-state index >= 15 is 0 Å². The smallest absolute Gasteiger partial charge is 0.315 e. The van der Waals surface area contributed by atoms with Crippen LogP contribution >= 0.6 is 0 Å². The first-order valence-corrected chi connectivity index (χ1v) is 6.57. The molecular weight excluding hydrogens is 284 g/mol. The largest absolute Gasteiger partial charge is 0.495 e. The third kappa shape index (κ3) is 2.90. The van der Waals surface area contributed by atoms with Crippen LogP contribution in [0.1, 0.15) is 17.0 Å². The molecule has 5 N–H and O–H groups in total. The molecule has 2 rings (SSSR count). The van der Waals surface area contributed by atoms with Gasteiger partial charge in [0.15, 0.2) is 0 Å². The number of rotatable bonds is 5. The van der Waals surface area contributed by atoms with Gasteiger partial charge >= 0.3 is 5.97 Å². The standard InChI is InChI=1S/C16H18N2O4/c1-21-13-7-9(3-5-11(13)17)15(16(19)20)10-4-6-12(18)14(8-10)22-2/h3-8,15H,17-18H2,1-2H3,(H,19,20). The van der Waals surface area contributed by atoms with Crippen LogP contribution in [0.15, 0.2) is 36.4 Å². The predicted octanol–water partition coefficient (Wildman–Crippen LogP) is 2.08. The Hall–Kier alpha value is -2.89. The van der Waals surface area contributed by atoms with Crippen LogP contribution in [0, 0.1) is 0 Å². The molecule has 0 aliphatic heterocycles. The first kappa shape index (κ1) is 15.5. The minimum absolute atomic E-state index is 0.436. The van der Waals surface area contributed by atoms with Gasteiger partial charge in [0.25, 0.3) is 0 Å². The van der Waals surface area contributed by atoms with Gasteiger partial charge in [-0.15, -0.1) is 0 Å². The summed E-state index contributed by atoms with van der Waals surface area (Å²) in [6, 6.07) is 9.82. The summed E-state index contributed by atoms with van der Waals surface area (Å²) in [5.41, 5.74) is 13.6. The molecule has 0 radical (unpaired) electrons. The van der Waals surface area contributed by atoms with Crippen LogP contribution in [0.5, 0.6) is 11.5 Å². The van der Waals surface area contributed by atoms with Gasteiger partial charge in [0.2, 0.25) is 0 Å². The van der Waals surface area contributed by atoms with E-state index in [1.54, 1.807) is 36.4 Å². The van der Waals surface area contributed by atoms with E-state index in [2.05, 4.69) is 0 Å². The number of carbonyl (C=O) groups is 1. The van der Waals surface area contributed by atoms with Gasteiger partial charge in [-0.05, 0) is 35.4 Å². The summed E-state index contributed by atoms with van der Waals surface area (Å²) in [7, 11) is 2.97. The van der Waals surface area contributed by atoms with Crippen molar-refractivity contribution in [2.75, 3.05) is 25.7 Å². The zero-order valence-corrected chi connectivity index (χ0v) is 12.4. The van der Waals surface area contributed by atoms with Crippen molar-refractivity contribution >= 4 is 17.3 Å². The fraction of sp³-hybridized carbons (Fsp3) is 0.188. The van der Waals surface area contributed by atoms with Crippen LogP contribution in [0.25, 0.3) is 0 Å². The SMILES string of the molecule is COc1cc(C(C(=O)O)c2ccc(N)c(OC)c2)ccc1N. The van der Waals surface area contributed by atoms with Gasteiger partial charge < -0.3 is 26.0 Å². The summed E-state index contributed by atoms with van der Waals surface area (Å²) >= 11 is 0. The summed E-state index contributed by atoms with van der Waals surface area (Å²) in [5, 5.41) is 9.60. The van der Waals surface area contributed by atoms with E-state index in [0.717, 1.165) is 0 Å². The van der Waals surface area contributed by atoms with Crippen molar-refractivity contribution in [2.45, 2.75) is 5.92 Å². The van der Waals surface area contributed by atoms with Gasteiger partial charge in [-0.3, -0.25) is 4.79 Å². The molecule has 0 bridgehead atoms. The van der Waals surface area contributed by atoms with Crippen LogP contribution < -0.4 is 20.9 Å². The van der Waals surface area contributed by atoms with E-state index in [9.17, 15) is 9.90 Å². The number of aliphatic carboxylic acids is 1. The van der Waals surface area contributed by atoms with Gasteiger partial charge in [-0.25, -0.2) is 0 Å². The zero-order chi connectivity index (χ0) is 16.3. The van der Waals surface area contributed by atoms with Gasteiger partial charge in [-0.1, -0.05) is 12.1 Å². The maximum atomic E-state index is 11.7. The highest BCUT2D eigenvalue weighted by Crippen LogP contribution is 2.33. The molecule has 116 valence electrons. The van der Waals surface area contributed by atoms with Crippen LogP contribution in [-0.2, 0) is 4.79 Å². The summed E-state index contributed by atoms with van der Waals surface area (Å²) in [6.07, 6.45) is 0. The molecule has 0 atom stereocenters. The first-order valence-electron chi connectivity index (χ1n) is 6.57. The van der Waals surface area contributed by atoms with Crippen LogP contribution in [-0.4, -0.2) is 25.3 Å². The summed E-state index contributed by atoms with van der Waals surface area (Å²) in [4.78, 5) is 11.7. The molecule has 0 aliphatic carbocycles. The number of methoxy groups -OCH3 is 2. The van der Waals surface area contributed by atoms with E-state index in [1.807, 2.05) is 0 Å². The third-order valence-corrected chi connectivity index (χ3v) is 3.43. The normalized spacial score (nSPS) is 10.5. The molecule has 0 aliphatic rings. The van der Waals surface area contributed by atoms with Crippen molar-refractivity contribution in [3.63, 3.8) is 0 Å². The Kier molecular flexibility index (Phi) is 4.41. The number of carboxylic acids is 1. The lowest BCUT2D eigenvalue weighted by atomic mass is 9.90. The number of benzene rings is 2. The molecular formula is C16H18N2O4. The molecule has 6 nitrogen and oxygen atoms in total. The number of ether oxygens (including phenoxy) is 2. The molecule has 0 saturated heterocycles. The number of nitrogens with two attached hydrogens (primary N) is 2. The topological polar surface area (TPSA) is 108 Å². The lowest BCUT2D eigenvalue weighted by Crippen LogP contribution is -2.14. The maximum Gasteiger partial charge on any atom is 0.315 e. The average molecular weight is 302 g/mol. The monoisotopic (exact) mass is 302 g/mol. The number of hydrogen-bond acceptors (Lipinski definition) is 5. The summed E-state index contributed by atoms with van der Waals surface area (Å²) < 4.78 is 10.3. The summed E-state index contributed by atoms with van der Waals surface area (Å²) in [5.74, 6) is -0.986. The Bertz CT molecular complexity index is 647. The van der Waals surface area contributed by atoms with E-state index in [4.69, 9.17) is 20.9 Å². The molecule has 0 heterocycles. The minimum atomic E-state index is -0.987. The molecule has 2 aromatic rings. The second-order valence-electron chi connectivity index (χ2n) is 4.77. The van der Waals surface area contributed by atoms with Crippen molar-refractivity contribution in [3.05, 3.63) is 47.5 Å². The quantitative estimate of drug-likeness (QED) is 0.730. The van der Waals surface area contributed by atoms with Crippen molar-refractivity contribution in [2.24, 2.45) is 0 Å². The number of hydrogen-bond donors (Lipinski definition) is 3. The third-order valence-electron chi connectivity index (χ3n) is 3.43. The molecule has 22 heavy (non-hydrogen) atoms. The van der Waals surface area contributed by atoms with E-state index in [0.29, 0.717) is 34.0 Å². The van der Waals surface area contributed by atoms with Gasteiger partial charge in [0, 0.05) is 0 Å². The number of carboxylic acid groups (broad SMARTS) is 1. The lowest BCUT2D eigenvalue weighted by molar-refractivity contribution is -0.137. The van der Waals surface area contributed by atoms with Gasteiger partial charge in [0.05, 0.1) is 25.6 Å². The second kappa shape index (κ2) is 6.26. The maximum absolute atomic E-state index is 11.7. The molecule has 2 aromatic carbocycles. The van der Waals surface area contributed by atoms with Crippen LogP contribution in [0.3, 0.4) is 0 Å². The Balaban J connectivity index is 2.53. The Morgan fingerprint density at radius 1 is 0.955 bits per heavy atom. The van der Waals surface area contributed by atoms with Crippen LogP contribution in [0.2, 0.25) is 0 Å². The van der Waals surface area contributed by atoms with E-state index in [1.165, 1.54) is 14.2 Å². The zero-order valence-electron chi connectivity index (χ0n) is 12.4. The molecule has 0 spiro atoms. The second-order valence-corrected chi connectivity index (χ2v) is 4.77. The van der Waals surface area contributed by atoms with E-state index in [-0.39, 0.29) is 0 Å². The highest BCUT2D eigenvalue weighted by atomic mass is 16.5. The fourth-order valence-electron chi connectivity index (χ4n) is 2.29. The molecule has 0 fully saturated rings. The molecule has 0 unspecified atom stereocenters. The molecule has 6 heteroatoms. The highest BCUT2D eigenvalue weighted by Gasteiger charge is 2.24. The molecule has 0 saturated carbocycles. The van der Waals surface area contributed by atoms with Crippen molar-refractivity contribution in [3.8, 4) is 11.5 Å². The fourth-order valence-corrected chi connectivity index (χ4v) is 2.29. The number of anilines is 2. The van der Waals surface area contributed by atoms with Gasteiger partial charge in [-0.2, -0.15) is 0 Å². The first-order chi connectivity index (χ1) is 10.5. The van der Waals surface area contributed by atoms with Crippen molar-refractivity contribution in [1.82, 2.24) is 0 Å². The van der Waals surface area contributed by atoms with Crippen molar-refractivity contribution in [1.29, 1.82) is 0 Å². The number of nitrogen functional groups attached to an aromatic ring is 2.